The lowest BCUT2D eigenvalue weighted by Gasteiger charge is -2.22. The number of nitrogens with zero attached hydrogens (tertiary/aromatic N) is 1. The highest BCUT2D eigenvalue weighted by molar-refractivity contribution is 5.91. The first-order valence-electron chi connectivity index (χ1n) is 7.69. The third-order valence-electron chi connectivity index (χ3n) is 3.79. The van der Waals surface area contributed by atoms with Crippen LogP contribution in [0.2, 0.25) is 0 Å². The molecule has 0 spiro atoms. The summed E-state index contributed by atoms with van der Waals surface area (Å²) in [6.07, 6.45) is 4.88. The van der Waals surface area contributed by atoms with E-state index in [0.717, 1.165) is 17.1 Å². The molecule has 126 valence electrons. The zero-order chi connectivity index (χ0) is 16.9. The van der Waals surface area contributed by atoms with Gasteiger partial charge >= 0.3 is 0 Å². The number of furan rings is 1. The van der Waals surface area contributed by atoms with Crippen LogP contribution in [0, 0.1) is 0 Å². The Morgan fingerprint density at radius 2 is 2.12 bits per heavy atom. The van der Waals surface area contributed by atoms with Gasteiger partial charge in [-0.2, -0.15) is 0 Å². The molecule has 2 aromatic rings. The van der Waals surface area contributed by atoms with Crippen LogP contribution in [0.1, 0.15) is 17.4 Å². The summed E-state index contributed by atoms with van der Waals surface area (Å²) in [6.45, 7) is 0.701. The summed E-state index contributed by atoms with van der Waals surface area (Å²) in [5.41, 5.74) is 0.879. The van der Waals surface area contributed by atoms with E-state index in [2.05, 4.69) is 5.32 Å². The maximum Gasteiger partial charge on any atom is 0.244 e. The molecule has 0 saturated heterocycles. The fourth-order valence-corrected chi connectivity index (χ4v) is 2.46. The van der Waals surface area contributed by atoms with Crippen LogP contribution in [0.4, 0.5) is 0 Å². The van der Waals surface area contributed by atoms with Crippen molar-refractivity contribution in [2.45, 2.75) is 6.04 Å². The number of hydrogen-bond donors (Lipinski definition) is 1. The van der Waals surface area contributed by atoms with Crippen LogP contribution < -0.4 is 14.8 Å². The molecule has 3 rings (SSSR count). The van der Waals surface area contributed by atoms with E-state index in [0.29, 0.717) is 12.3 Å². The van der Waals surface area contributed by atoms with Crippen molar-refractivity contribution >= 4 is 12.0 Å². The number of ether oxygens (including phenoxy) is 2. The second kappa shape index (κ2) is 7.23. The quantitative estimate of drug-likeness (QED) is 0.825. The molecule has 1 aromatic heterocycles. The number of benzene rings is 1. The molecule has 1 aromatic carbocycles. The molecule has 0 saturated carbocycles. The minimum Gasteiger partial charge on any atom is -0.468 e. The summed E-state index contributed by atoms with van der Waals surface area (Å²) in [7, 11) is 3.89. The van der Waals surface area contributed by atoms with Gasteiger partial charge in [-0.05, 0) is 50.0 Å². The lowest BCUT2D eigenvalue weighted by Crippen LogP contribution is -2.33. The van der Waals surface area contributed by atoms with E-state index in [1.807, 2.05) is 49.3 Å². The third-order valence-corrected chi connectivity index (χ3v) is 3.79. The Hall–Kier alpha value is -2.73. The predicted molar refractivity (Wildman–Crippen MR) is 89.7 cm³/mol. The Morgan fingerprint density at radius 3 is 2.88 bits per heavy atom. The van der Waals surface area contributed by atoms with Gasteiger partial charge in [0, 0.05) is 12.6 Å². The highest BCUT2D eigenvalue weighted by Gasteiger charge is 2.17. The number of hydrogen-bond acceptors (Lipinski definition) is 5. The van der Waals surface area contributed by atoms with Gasteiger partial charge in [0.2, 0.25) is 12.7 Å². The van der Waals surface area contributed by atoms with Gasteiger partial charge in [-0.25, -0.2) is 0 Å². The number of likely N-dealkylation sites (N-methyl/N-ethyl adjacent to an activating group) is 1. The molecule has 1 aliphatic rings. The van der Waals surface area contributed by atoms with Gasteiger partial charge in [0.05, 0.1) is 12.3 Å². The Bertz CT molecular complexity index is 723. The molecule has 1 unspecified atom stereocenters. The van der Waals surface area contributed by atoms with Crippen molar-refractivity contribution in [2.75, 3.05) is 27.4 Å². The van der Waals surface area contributed by atoms with Crippen LogP contribution >= 0.6 is 0 Å². The number of carbonyl (C=O) groups is 1. The van der Waals surface area contributed by atoms with Crippen molar-refractivity contribution in [1.29, 1.82) is 0 Å². The highest BCUT2D eigenvalue weighted by atomic mass is 16.7. The Morgan fingerprint density at radius 1 is 1.29 bits per heavy atom. The average molecular weight is 328 g/mol. The number of amides is 1. The SMILES string of the molecule is CN(C)C(CNC(=O)C=Cc1ccc2c(c1)OCO2)c1ccco1. The Labute approximate surface area is 140 Å². The highest BCUT2D eigenvalue weighted by Crippen LogP contribution is 2.32. The molecule has 1 atom stereocenters. The third kappa shape index (κ3) is 3.78. The van der Waals surface area contributed by atoms with Gasteiger partial charge in [-0.3, -0.25) is 9.69 Å². The van der Waals surface area contributed by atoms with Crippen molar-refractivity contribution in [3.8, 4) is 11.5 Å². The van der Waals surface area contributed by atoms with E-state index in [4.69, 9.17) is 13.9 Å². The zero-order valence-electron chi connectivity index (χ0n) is 13.7. The van der Waals surface area contributed by atoms with Gasteiger partial charge in [0.25, 0.3) is 0 Å². The first-order chi connectivity index (χ1) is 11.6. The Kier molecular flexibility index (Phi) is 4.86. The summed E-state index contributed by atoms with van der Waals surface area (Å²) in [4.78, 5) is 14.0. The van der Waals surface area contributed by atoms with Crippen molar-refractivity contribution in [3.63, 3.8) is 0 Å². The van der Waals surface area contributed by atoms with Crippen LogP contribution in [0.5, 0.6) is 11.5 Å². The summed E-state index contributed by atoms with van der Waals surface area (Å²) in [5.74, 6) is 2.08. The molecule has 1 amide bonds. The number of carbonyl (C=O) groups excluding carboxylic acids is 1. The predicted octanol–water partition coefficient (Wildman–Crippen LogP) is 2.44. The summed E-state index contributed by atoms with van der Waals surface area (Å²) in [6, 6.07) is 9.29. The van der Waals surface area contributed by atoms with Crippen molar-refractivity contribution in [3.05, 3.63) is 54.0 Å². The van der Waals surface area contributed by atoms with E-state index in [-0.39, 0.29) is 18.7 Å². The molecule has 6 heteroatoms. The van der Waals surface area contributed by atoms with Crippen molar-refractivity contribution in [2.24, 2.45) is 0 Å². The maximum absolute atomic E-state index is 12.0. The van der Waals surface area contributed by atoms with Gasteiger partial charge in [0.1, 0.15) is 5.76 Å². The lowest BCUT2D eigenvalue weighted by molar-refractivity contribution is -0.116. The van der Waals surface area contributed by atoms with Crippen LogP contribution in [0.3, 0.4) is 0 Å². The van der Waals surface area contributed by atoms with Gasteiger partial charge in [0.15, 0.2) is 11.5 Å². The molecule has 1 aliphatic heterocycles. The normalized spacial score (nSPS) is 14.3. The first kappa shape index (κ1) is 16.1. The van der Waals surface area contributed by atoms with Crippen LogP contribution in [0.25, 0.3) is 6.08 Å². The minimum atomic E-state index is -0.161. The summed E-state index contributed by atoms with van der Waals surface area (Å²) in [5, 5.41) is 2.89. The molecule has 0 bridgehead atoms. The van der Waals surface area contributed by atoms with Crippen molar-refractivity contribution < 1.29 is 18.7 Å². The summed E-state index contributed by atoms with van der Waals surface area (Å²) >= 11 is 0. The minimum absolute atomic E-state index is 0.0112. The monoisotopic (exact) mass is 328 g/mol. The molecule has 6 nitrogen and oxygen atoms in total. The standard InChI is InChI=1S/C18H20N2O4/c1-20(2)14(15-4-3-9-22-15)11-19-18(21)8-6-13-5-7-16-17(10-13)24-12-23-16/h3-10,14H,11-12H2,1-2H3,(H,19,21). The maximum atomic E-state index is 12.0. The van der Waals surface area contributed by atoms with Crippen LogP contribution in [-0.4, -0.2) is 38.2 Å². The first-order valence-corrected chi connectivity index (χ1v) is 7.69. The molecule has 0 radical (unpaired) electrons. The second-order valence-electron chi connectivity index (χ2n) is 5.69. The molecular weight excluding hydrogens is 308 g/mol. The van der Waals surface area contributed by atoms with Gasteiger partial charge in [-0.1, -0.05) is 6.07 Å². The zero-order valence-corrected chi connectivity index (χ0v) is 13.7. The largest absolute Gasteiger partial charge is 0.468 e. The molecule has 24 heavy (non-hydrogen) atoms. The second-order valence-corrected chi connectivity index (χ2v) is 5.69. The topological polar surface area (TPSA) is 63.9 Å². The summed E-state index contributed by atoms with van der Waals surface area (Å²) < 4.78 is 16.0. The Balaban J connectivity index is 1.57. The van der Waals surface area contributed by atoms with E-state index in [1.165, 1.54) is 6.08 Å². The van der Waals surface area contributed by atoms with E-state index >= 15 is 0 Å². The molecule has 0 aliphatic carbocycles. The van der Waals surface area contributed by atoms with E-state index < -0.39 is 0 Å². The van der Waals surface area contributed by atoms with Gasteiger partial charge in [-0.15, -0.1) is 0 Å². The van der Waals surface area contributed by atoms with Crippen LogP contribution in [-0.2, 0) is 4.79 Å². The fraction of sp³-hybridized carbons (Fsp3) is 0.278. The van der Waals surface area contributed by atoms with E-state index in [1.54, 1.807) is 12.3 Å². The molecule has 1 N–H and O–H groups in total. The van der Waals surface area contributed by atoms with Crippen molar-refractivity contribution in [1.82, 2.24) is 10.2 Å². The average Bonchev–Trinajstić information content (AvgIpc) is 3.23. The van der Waals surface area contributed by atoms with Crippen LogP contribution in [0.15, 0.2) is 47.1 Å². The number of fused-ring (bicyclic) bond motifs is 1. The molecule has 2 heterocycles. The van der Waals surface area contributed by atoms with Gasteiger partial charge < -0.3 is 19.2 Å². The smallest absolute Gasteiger partial charge is 0.244 e. The molecule has 0 fully saturated rings. The number of nitrogens with one attached hydrogen (secondary N) is 1. The molecular formula is C18H20N2O4. The lowest BCUT2D eigenvalue weighted by atomic mass is 10.2. The fourth-order valence-electron chi connectivity index (χ4n) is 2.46. The van der Waals surface area contributed by atoms with E-state index in [9.17, 15) is 4.79 Å². The number of rotatable bonds is 6.